The van der Waals surface area contributed by atoms with Crippen molar-refractivity contribution in [2.75, 3.05) is 22.2 Å². The number of carbonyl (C=O) groups excluding carboxylic acids is 4. The van der Waals surface area contributed by atoms with E-state index in [2.05, 4.69) is 37.2 Å². The third-order valence-corrected chi connectivity index (χ3v) is 14.4. The lowest BCUT2D eigenvalue weighted by atomic mass is 9.56. The summed E-state index contributed by atoms with van der Waals surface area (Å²) < 4.78 is 20.0. The molecule has 270 valence electrons. The van der Waals surface area contributed by atoms with Gasteiger partial charge in [0, 0.05) is 21.8 Å². The highest BCUT2D eigenvalue weighted by atomic mass is 79.9. The molecule has 9 nitrogen and oxygen atoms in total. The van der Waals surface area contributed by atoms with Gasteiger partial charge in [-0.15, -0.1) is 23.2 Å². The fourth-order valence-corrected chi connectivity index (χ4v) is 10.2. The number of nitrogens with one attached hydrogen (secondary N) is 1. The lowest BCUT2D eigenvalue weighted by molar-refractivity contribution is -0.125. The van der Waals surface area contributed by atoms with E-state index in [1.54, 1.807) is 24.3 Å². The number of alkyl halides is 2. The number of hydrogen-bond donors (Lipinski definition) is 2. The van der Waals surface area contributed by atoms with Crippen molar-refractivity contribution >= 4 is 101 Å². The molecular formula is C39H28Br2Cl2FN3O6. The molecule has 0 radical (unpaired) electrons. The number of para-hydroxylation sites is 1. The Labute approximate surface area is 329 Å². The first-order valence-corrected chi connectivity index (χ1v) is 18.9. The normalized spacial score (nSPS) is 27.7. The summed E-state index contributed by atoms with van der Waals surface area (Å²) in [7, 11) is 1.36. The molecule has 4 amide bonds. The number of ether oxygens (including phenoxy) is 1. The summed E-state index contributed by atoms with van der Waals surface area (Å²) in [5.41, 5.74) is 2.98. The van der Waals surface area contributed by atoms with Gasteiger partial charge in [0.25, 0.3) is 11.8 Å². The van der Waals surface area contributed by atoms with Crippen molar-refractivity contribution in [2.24, 2.45) is 17.8 Å². The maximum absolute atomic E-state index is 14.7. The first kappa shape index (κ1) is 35.8. The van der Waals surface area contributed by atoms with Gasteiger partial charge in [-0.05, 0) is 123 Å². The molecule has 0 spiro atoms. The van der Waals surface area contributed by atoms with Gasteiger partial charge in [0.15, 0.2) is 21.2 Å². The van der Waals surface area contributed by atoms with E-state index in [4.69, 9.17) is 27.9 Å². The van der Waals surface area contributed by atoms with Gasteiger partial charge in [0.1, 0.15) is 5.82 Å². The second-order valence-corrected chi connectivity index (χ2v) is 16.3. The summed E-state index contributed by atoms with van der Waals surface area (Å²) in [5.74, 6) is -6.97. The van der Waals surface area contributed by atoms with Gasteiger partial charge in [-0.3, -0.25) is 24.1 Å². The van der Waals surface area contributed by atoms with Gasteiger partial charge in [0.05, 0.1) is 34.8 Å². The minimum absolute atomic E-state index is 0.0441. The monoisotopic (exact) mass is 881 g/mol. The van der Waals surface area contributed by atoms with Crippen molar-refractivity contribution in [2.45, 2.75) is 28.5 Å². The highest BCUT2D eigenvalue weighted by molar-refractivity contribution is 9.13. The molecule has 2 saturated heterocycles. The molecule has 8 rings (SSSR count). The second kappa shape index (κ2) is 13.0. The number of allylic oxidation sites excluding steroid dienone is 2. The lowest BCUT2D eigenvalue weighted by Gasteiger charge is -2.51. The van der Waals surface area contributed by atoms with E-state index < -0.39 is 57.0 Å². The van der Waals surface area contributed by atoms with Crippen LogP contribution in [0, 0.1) is 23.6 Å². The Hall–Kier alpha value is -4.23. The van der Waals surface area contributed by atoms with Crippen LogP contribution in [0.4, 0.5) is 27.1 Å². The minimum atomic E-state index is -2.17. The predicted octanol–water partition coefficient (Wildman–Crippen LogP) is 8.58. The number of halogens is 5. The highest BCUT2D eigenvalue weighted by Gasteiger charge is 2.77. The van der Waals surface area contributed by atoms with E-state index in [1.807, 2.05) is 36.4 Å². The van der Waals surface area contributed by atoms with Crippen LogP contribution in [0.5, 0.6) is 11.5 Å². The summed E-state index contributed by atoms with van der Waals surface area (Å²) in [6.45, 7) is 0. The Morgan fingerprint density at radius 1 is 0.830 bits per heavy atom. The van der Waals surface area contributed by atoms with Gasteiger partial charge in [0.2, 0.25) is 11.8 Å². The number of amides is 4. The predicted molar refractivity (Wildman–Crippen MR) is 205 cm³/mol. The van der Waals surface area contributed by atoms with Crippen LogP contribution >= 0.6 is 55.1 Å². The number of anilines is 4. The average molecular weight is 884 g/mol. The maximum atomic E-state index is 14.7. The molecule has 0 bridgehead atoms. The number of rotatable bonds is 6. The van der Waals surface area contributed by atoms with Gasteiger partial charge >= 0.3 is 0 Å². The van der Waals surface area contributed by atoms with Crippen molar-refractivity contribution in [3.8, 4) is 11.5 Å². The first-order valence-electron chi connectivity index (χ1n) is 16.6. The quantitative estimate of drug-likeness (QED) is 0.113. The van der Waals surface area contributed by atoms with Gasteiger partial charge in [-0.2, -0.15) is 0 Å². The topological polar surface area (TPSA) is 116 Å². The van der Waals surface area contributed by atoms with Crippen LogP contribution in [0.25, 0.3) is 0 Å². The Morgan fingerprint density at radius 2 is 1.45 bits per heavy atom. The number of phenolic OH excluding ortho intramolecular Hbond substituents is 1. The van der Waals surface area contributed by atoms with Crippen LogP contribution in [-0.2, 0) is 19.2 Å². The summed E-state index contributed by atoms with van der Waals surface area (Å²) in [5, 5.41) is 14.1. The SMILES string of the molecule is COc1cc([C@H]2C3=CC[C@@H]4C(=O)N(c5ccc(Nc6ccccc6)cc5)C(=O)[C@@H]4[C@@H]3C[C@@]3(Cl)C(=O)N(c4ccc(F)cc4)C(=O)[C@@]23Cl)c(Br)c(Br)c1O. The smallest absolute Gasteiger partial charge is 0.258 e. The van der Waals surface area contributed by atoms with Crippen molar-refractivity contribution in [1.29, 1.82) is 0 Å². The second-order valence-electron chi connectivity index (χ2n) is 13.4. The molecule has 4 aromatic carbocycles. The maximum Gasteiger partial charge on any atom is 0.258 e. The molecule has 2 heterocycles. The molecule has 4 aliphatic rings. The average Bonchev–Trinajstić information content (AvgIpc) is 3.50. The molecule has 0 aromatic heterocycles. The zero-order chi connectivity index (χ0) is 37.6. The van der Waals surface area contributed by atoms with Crippen LogP contribution in [0.15, 0.2) is 106 Å². The Kier molecular flexibility index (Phi) is 8.75. The fourth-order valence-electron chi connectivity index (χ4n) is 8.36. The zero-order valence-electron chi connectivity index (χ0n) is 27.7. The first-order chi connectivity index (χ1) is 25.3. The van der Waals surface area contributed by atoms with Crippen molar-refractivity contribution in [3.05, 3.63) is 117 Å². The van der Waals surface area contributed by atoms with Crippen LogP contribution in [0.3, 0.4) is 0 Å². The fraction of sp³-hybridized carbons (Fsp3) is 0.231. The van der Waals surface area contributed by atoms with Crippen molar-refractivity contribution < 1.29 is 33.4 Å². The summed E-state index contributed by atoms with van der Waals surface area (Å²) in [4.78, 5) is 55.6. The van der Waals surface area contributed by atoms with Gasteiger partial charge in [-0.25, -0.2) is 9.29 Å². The summed E-state index contributed by atoms with van der Waals surface area (Å²) >= 11 is 21.9. The number of imide groups is 2. The van der Waals surface area contributed by atoms with Crippen molar-refractivity contribution in [1.82, 2.24) is 0 Å². The molecule has 2 aliphatic heterocycles. The van der Waals surface area contributed by atoms with Gasteiger partial charge < -0.3 is 15.2 Å². The third-order valence-electron chi connectivity index (χ3n) is 10.8. The number of nitrogens with zero attached hydrogens (tertiary/aromatic N) is 2. The summed E-state index contributed by atoms with van der Waals surface area (Å²) in [6.07, 6.45) is 1.73. The molecular weight excluding hydrogens is 856 g/mol. The number of aromatic hydroxyl groups is 1. The number of carbonyl (C=O) groups is 4. The number of phenols is 1. The third kappa shape index (κ3) is 5.20. The minimum Gasteiger partial charge on any atom is -0.503 e. The van der Waals surface area contributed by atoms with Crippen molar-refractivity contribution in [3.63, 3.8) is 0 Å². The zero-order valence-corrected chi connectivity index (χ0v) is 32.3. The van der Waals surface area contributed by atoms with E-state index in [0.717, 1.165) is 28.4 Å². The molecule has 14 heteroatoms. The van der Waals surface area contributed by atoms with E-state index in [9.17, 15) is 28.7 Å². The summed E-state index contributed by atoms with van der Waals surface area (Å²) in [6, 6.07) is 22.8. The molecule has 3 fully saturated rings. The number of fused-ring (bicyclic) bond motifs is 4. The van der Waals surface area contributed by atoms with Crippen LogP contribution in [0.1, 0.15) is 24.3 Å². The van der Waals surface area contributed by atoms with Crippen LogP contribution < -0.4 is 19.9 Å². The standard InChI is InChI=1S/C39H28Br2Cl2FN3O6/c1-53-28-17-26(31(40)32(41)33(28)48)30-24-15-16-25-29(35(50)46(34(25)49)22-13-9-21(10-14-22)45-20-5-3-2-4-6-20)27(24)18-38(42)36(51)47(37(52)39(30,38)43)23-11-7-19(44)8-12-23/h2-15,17,25,27,29-30,45,48H,16,18H2,1H3/t25-,27+,29-,30+,38+,39-/m0/s1. The van der Waals surface area contributed by atoms with Crippen LogP contribution in [0.2, 0.25) is 0 Å². The number of hydrogen-bond acceptors (Lipinski definition) is 7. The highest BCUT2D eigenvalue weighted by Crippen LogP contribution is 2.67. The molecule has 53 heavy (non-hydrogen) atoms. The Morgan fingerprint density at radius 3 is 2.11 bits per heavy atom. The Balaban J connectivity index is 1.24. The molecule has 1 saturated carbocycles. The molecule has 4 aromatic rings. The van der Waals surface area contributed by atoms with E-state index in [-0.39, 0.29) is 40.4 Å². The molecule has 6 atom stereocenters. The van der Waals surface area contributed by atoms with E-state index >= 15 is 0 Å². The number of benzene rings is 4. The van der Waals surface area contributed by atoms with E-state index in [1.165, 1.54) is 30.2 Å². The molecule has 0 unspecified atom stereocenters. The Bertz CT molecular complexity index is 2260. The van der Waals surface area contributed by atoms with Crippen LogP contribution in [-0.4, -0.2) is 45.6 Å². The number of methoxy groups -OCH3 is 1. The van der Waals surface area contributed by atoms with E-state index in [0.29, 0.717) is 21.3 Å². The molecule has 2 N–H and O–H groups in total. The molecule has 2 aliphatic carbocycles. The lowest BCUT2D eigenvalue weighted by Crippen LogP contribution is -2.60. The largest absolute Gasteiger partial charge is 0.503 e. The van der Waals surface area contributed by atoms with Gasteiger partial charge in [-0.1, -0.05) is 29.8 Å².